The first kappa shape index (κ1) is 20.0. The lowest BCUT2D eigenvalue weighted by atomic mass is 9.96. The predicted octanol–water partition coefficient (Wildman–Crippen LogP) is 4.93. The molecule has 2 aromatic carbocycles. The third kappa shape index (κ3) is 3.20. The van der Waals surface area contributed by atoms with Gasteiger partial charge >= 0.3 is 0 Å². The summed E-state index contributed by atoms with van der Waals surface area (Å²) < 4.78 is 11.8. The SMILES string of the molecule is C=CCN1C(=O)c2oc3cc(C)cc(C)c3c(=O)c2C1c1cccc(OCCC)c1. The molecule has 154 valence electrons. The minimum Gasteiger partial charge on any atom is -0.494 e. The molecule has 3 aromatic rings. The number of amides is 1. The highest BCUT2D eigenvalue weighted by Gasteiger charge is 2.42. The van der Waals surface area contributed by atoms with Gasteiger partial charge in [-0.05, 0) is 55.2 Å². The first-order valence-corrected chi connectivity index (χ1v) is 10.2. The lowest BCUT2D eigenvalue weighted by molar-refractivity contribution is 0.0748. The Morgan fingerprint density at radius 3 is 2.73 bits per heavy atom. The summed E-state index contributed by atoms with van der Waals surface area (Å²) in [6.07, 6.45) is 2.56. The fourth-order valence-corrected chi connectivity index (χ4v) is 4.18. The van der Waals surface area contributed by atoms with E-state index >= 15 is 0 Å². The average molecular weight is 403 g/mol. The third-order valence-electron chi connectivity index (χ3n) is 5.38. The number of hydrogen-bond donors (Lipinski definition) is 0. The molecule has 30 heavy (non-hydrogen) atoms. The number of ether oxygens (including phenoxy) is 1. The molecule has 0 saturated heterocycles. The van der Waals surface area contributed by atoms with E-state index in [1.807, 2.05) is 57.2 Å². The van der Waals surface area contributed by atoms with Gasteiger partial charge < -0.3 is 14.1 Å². The molecule has 2 heterocycles. The van der Waals surface area contributed by atoms with E-state index < -0.39 is 6.04 Å². The van der Waals surface area contributed by atoms with Crippen molar-refractivity contribution in [2.45, 2.75) is 33.2 Å². The van der Waals surface area contributed by atoms with Gasteiger partial charge in [-0.2, -0.15) is 0 Å². The monoisotopic (exact) mass is 403 g/mol. The second-order valence-corrected chi connectivity index (χ2v) is 7.70. The molecular weight excluding hydrogens is 378 g/mol. The second kappa shape index (κ2) is 7.82. The molecule has 1 atom stereocenters. The van der Waals surface area contributed by atoms with Crippen molar-refractivity contribution in [3.05, 3.63) is 87.3 Å². The van der Waals surface area contributed by atoms with E-state index in [1.165, 1.54) is 0 Å². The Labute approximate surface area is 175 Å². The Hall–Kier alpha value is -3.34. The summed E-state index contributed by atoms with van der Waals surface area (Å²) >= 11 is 0. The Morgan fingerprint density at radius 2 is 2.00 bits per heavy atom. The average Bonchev–Trinajstić information content (AvgIpc) is 2.99. The largest absolute Gasteiger partial charge is 0.494 e. The first-order chi connectivity index (χ1) is 14.5. The Morgan fingerprint density at radius 1 is 1.20 bits per heavy atom. The van der Waals surface area contributed by atoms with Crippen molar-refractivity contribution in [3.63, 3.8) is 0 Å². The van der Waals surface area contributed by atoms with Crippen molar-refractivity contribution in [1.29, 1.82) is 0 Å². The summed E-state index contributed by atoms with van der Waals surface area (Å²) in [5, 5.41) is 0.524. The number of nitrogens with zero attached hydrogens (tertiary/aromatic N) is 1. The standard InChI is InChI=1S/C25H25NO4/c1-5-10-26-22(17-8-7-9-18(14-17)29-11-6-2)21-23(27)20-16(4)12-15(3)13-19(20)30-24(21)25(26)28/h5,7-9,12-14,22H,1,6,10-11H2,2-4H3. The maximum Gasteiger partial charge on any atom is 0.291 e. The van der Waals surface area contributed by atoms with Crippen LogP contribution >= 0.6 is 0 Å². The number of carbonyl (C=O) groups excluding carboxylic acids is 1. The van der Waals surface area contributed by atoms with E-state index in [1.54, 1.807) is 11.0 Å². The Bertz CT molecular complexity index is 1210. The van der Waals surface area contributed by atoms with Gasteiger partial charge in [-0.25, -0.2) is 0 Å². The maximum absolute atomic E-state index is 13.6. The van der Waals surface area contributed by atoms with Crippen molar-refractivity contribution in [2.75, 3.05) is 13.2 Å². The highest BCUT2D eigenvalue weighted by molar-refractivity contribution is 5.99. The Kier molecular flexibility index (Phi) is 5.20. The zero-order valence-electron chi connectivity index (χ0n) is 17.5. The van der Waals surface area contributed by atoms with Crippen LogP contribution < -0.4 is 10.2 Å². The number of hydrogen-bond acceptors (Lipinski definition) is 4. The fourth-order valence-electron chi connectivity index (χ4n) is 4.18. The topological polar surface area (TPSA) is 59.8 Å². The van der Waals surface area contributed by atoms with Crippen molar-refractivity contribution in [3.8, 4) is 5.75 Å². The maximum atomic E-state index is 13.6. The van der Waals surface area contributed by atoms with Gasteiger partial charge in [-0.3, -0.25) is 9.59 Å². The molecular formula is C25H25NO4. The van der Waals surface area contributed by atoms with Gasteiger partial charge in [0.05, 0.1) is 23.6 Å². The van der Waals surface area contributed by atoms with Gasteiger partial charge in [-0.15, -0.1) is 6.58 Å². The second-order valence-electron chi connectivity index (χ2n) is 7.70. The van der Waals surface area contributed by atoms with E-state index in [4.69, 9.17) is 9.15 Å². The molecule has 0 spiro atoms. The van der Waals surface area contributed by atoms with Crippen LogP contribution in [0.2, 0.25) is 0 Å². The predicted molar refractivity (Wildman–Crippen MR) is 117 cm³/mol. The van der Waals surface area contributed by atoms with Crippen molar-refractivity contribution in [2.24, 2.45) is 0 Å². The van der Waals surface area contributed by atoms with Gasteiger partial charge in [0.1, 0.15) is 11.3 Å². The molecule has 1 aromatic heterocycles. The molecule has 1 aliphatic heterocycles. The lowest BCUT2D eigenvalue weighted by Gasteiger charge is -2.24. The van der Waals surface area contributed by atoms with Crippen LogP contribution in [-0.2, 0) is 0 Å². The van der Waals surface area contributed by atoms with Crippen LogP contribution in [0.4, 0.5) is 0 Å². The molecule has 0 bridgehead atoms. The molecule has 1 unspecified atom stereocenters. The third-order valence-corrected chi connectivity index (χ3v) is 5.38. The highest BCUT2D eigenvalue weighted by Crippen LogP contribution is 2.39. The molecule has 5 heteroatoms. The molecule has 0 N–H and O–H groups in total. The van der Waals surface area contributed by atoms with Crippen molar-refractivity contribution in [1.82, 2.24) is 4.90 Å². The van der Waals surface area contributed by atoms with Gasteiger partial charge in [0.25, 0.3) is 5.91 Å². The van der Waals surface area contributed by atoms with E-state index in [0.29, 0.717) is 35.4 Å². The quantitative estimate of drug-likeness (QED) is 0.548. The summed E-state index contributed by atoms with van der Waals surface area (Å²) in [6, 6.07) is 10.8. The van der Waals surface area contributed by atoms with Crippen molar-refractivity contribution >= 4 is 16.9 Å². The van der Waals surface area contributed by atoms with Crippen LogP contribution in [0.25, 0.3) is 11.0 Å². The summed E-state index contributed by atoms with van der Waals surface area (Å²) in [6.45, 7) is 10.6. The van der Waals surface area contributed by atoms with E-state index in [-0.39, 0.29) is 17.1 Å². The molecule has 4 rings (SSSR count). The molecule has 0 radical (unpaired) electrons. The number of carbonyl (C=O) groups is 1. The zero-order valence-corrected chi connectivity index (χ0v) is 17.5. The number of fused-ring (bicyclic) bond motifs is 2. The van der Waals surface area contributed by atoms with E-state index in [0.717, 1.165) is 23.1 Å². The first-order valence-electron chi connectivity index (χ1n) is 10.2. The summed E-state index contributed by atoms with van der Waals surface area (Å²) in [5.41, 5.74) is 3.31. The van der Waals surface area contributed by atoms with E-state index in [2.05, 4.69) is 6.58 Å². The molecule has 0 fully saturated rings. The number of aryl methyl sites for hydroxylation is 2. The van der Waals surface area contributed by atoms with Crippen LogP contribution in [0.15, 0.2) is 58.3 Å². The summed E-state index contributed by atoms with van der Waals surface area (Å²) in [4.78, 5) is 28.4. The normalized spacial score (nSPS) is 15.5. The van der Waals surface area contributed by atoms with E-state index in [9.17, 15) is 9.59 Å². The number of benzene rings is 2. The van der Waals surface area contributed by atoms with Crippen LogP contribution in [0.3, 0.4) is 0 Å². The zero-order chi connectivity index (χ0) is 21.4. The molecule has 5 nitrogen and oxygen atoms in total. The van der Waals surface area contributed by atoms with Crippen LogP contribution in [0.5, 0.6) is 5.75 Å². The summed E-state index contributed by atoms with van der Waals surface area (Å²) in [5.74, 6) is 0.531. The molecule has 0 aliphatic carbocycles. The minimum atomic E-state index is -0.544. The van der Waals surface area contributed by atoms with Crippen LogP contribution in [0, 0.1) is 13.8 Å². The van der Waals surface area contributed by atoms with Crippen molar-refractivity contribution < 1.29 is 13.9 Å². The van der Waals surface area contributed by atoms with Gasteiger partial charge in [-0.1, -0.05) is 31.2 Å². The summed E-state index contributed by atoms with van der Waals surface area (Å²) in [7, 11) is 0. The van der Waals surface area contributed by atoms with Crippen LogP contribution in [-0.4, -0.2) is 24.0 Å². The van der Waals surface area contributed by atoms with Crippen LogP contribution in [0.1, 0.15) is 52.2 Å². The van der Waals surface area contributed by atoms with Gasteiger partial charge in [0.2, 0.25) is 5.76 Å². The molecule has 1 amide bonds. The highest BCUT2D eigenvalue weighted by atomic mass is 16.5. The van der Waals surface area contributed by atoms with Gasteiger partial charge in [0.15, 0.2) is 5.43 Å². The molecule has 0 saturated carbocycles. The van der Waals surface area contributed by atoms with Gasteiger partial charge in [0, 0.05) is 6.54 Å². The molecule has 1 aliphatic rings. The fraction of sp³-hybridized carbons (Fsp3) is 0.280. The lowest BCUT2D eigenvalue weighted by Crippen LogP contribution is -2.29. The number of rotatable bonds is 6. The minimum absolute atomic E-state index is 0.115. The smallest absolute Gasteiger partial charge is 0.291 e. The Balaban J connectivity index is 1.96.